The molecule has 0 spiro atoms. The van der Waals surface area contributed by atoms with E-state index >= 15 is 0 Å². The van der Waals surface area contributed by atoms with Gasteiger partial charge < -0.3 is 14.1 Å². The number of nitrogens with zero attached hydrogens (tertiary/aromatic N) is 3. The van der Waals surface area contributed by atoms with Gasteiger partial charge in [-0.15, -0.1) is 0 Å². The normalized spacial score (nSPS) is 10.9. The summed E-state index contributed by atoms with van der Waals surface area (Å²) < 4.78 is 14.2. The van der Waals surface area contributed by atoms with Crippen molar-refractivity contribution in [2.24, 2.45) is 0 Å². The van der Waals surface area contributed by atoms with E-state index in [1.807, 2.05) is 30.7 Å². The summed E-state index contributed by atoms with van der Waals surface area (Å²) in [5.74, 6) is 1.21. The number of halogens is 2. The lowest BCUT2D eigenvalue weighted by Gasteiger charge is -2.17. The fraction of sp³-hybridized carbons (Fsp3) is 0.300. The number of hydrogen-bond acceptors (Lipinski definition) is 4. The van der Waals surface area contributed by atoms with Crippen molar-refractivity contribution < 1.29 is 13.9 Å². The average Bonchev–Trinajstić information content (AvgIpc) is 3.28. The Morgan fingerprint density at radius 3 is 2.86 bits per heavy atom. The summed E-state index contributed by atoms with van der Waals surface area (Å²) in [7, 11) is 1.73. The van der Waals surface area contributed by atoms with Gasteiger partial charge in [-0.3, -0.25) is 9.48 Å². The molecule has 148 valence electrons. The molecule has 1 aromatic carbocycles. The van der Waals surface area contributed by atoms with E-state index in [1.165, 1.54) is 0 Å². The second kappa shape index (κ2) is 8.84. The van der Waals surface area contributed by atoms with Crippen molar-refractivity contribution in [2.45, 2.75) is 33.5 Å². The van der Waals surface area contributed by atoms with Gasteiger partial charge in [-0.2, -0.15) is 5.10 Å². The van der Waals surface area contributed by atoms with Crippen LogP contribution in [0.2, 0.25) is 5.02 Å². The maximum Gasteiger partial charge on any atom is 0.289 e. The molecule has 28 heavy (non-hydrogen) atoms. The number of ether oxygens (including phenoxy) is 1. The van der Waals surface area contributed by atoms with Crippen molar-refractivity contribution in [1.82, 2.24) is 14.7 Å². The molecule has 1 amide bonds. The third kappa shape index (κ3) is 4.42. The van der Waals surface area contributed by atoms with Gasteiger partial charge in [0.2, 0.25) is 0 Å². The van der Waals surface area contributed by atoms with Crippen molar-refractivity contribution in [3.63, 3.8) is 0 Å². The van der Waals surface area contributed by atoms with Crippen LogP contribution in [0.1, 0.15) is 34.5 Å². The Bertz CT molecular complexity index is 963. The molecule has 0 atom stereocenters. The number of benzene rings is 1. The summed E-state index contributed by atoms with van der Waals surface area (Å²) in [5.41, 5.74) is 1.87. The number of rotatable bonds is 7. The summed E-state index contributed by atoms with van der Waals surface area (Å²) in [6.07, 6.45) is 1.73. The number of carbonyl (C=O) groups is 1. The predicted octanol–water partition coefficient (Wildman–Crippen LogP) is 5.07. The van der Waals surface area contributed by atoms with Crippen LogP contribution in [0.15, 0.2) is 45.4 Å². The lowest BCUT2D eigenvalue weighted by molar-refractivity contribution is 0.0745. The van der Waals surface area contributed by atoms with E-state index < -0.39 is 0 Å². The van der Waals surface area contributed by atoms with E-state index in [1.54, 1.807) is 36.3 Å². The molecular formula is C20H21BrClN3O3. The molecule has 2 heterocycles. The lowest BCUT2D eigenvalue weighted by Crippen LogP contribution is -2.27. The topological polar surface area (TPSA) is 60.5 Å². The number of aryl methyl sites for hydroxylation is 2. The van der Waals surface area contributed by atoms with Crippen molar-refractivity contribution in [1.29, 1.82) is 0 Å². The lowest BCUT2D eigenvalue weighted by atomic mass is 10.2. The van der Waals surface area contributed by atoms with E-state index in [2.05, 4.69) is 21.0 Å². The molecule has 0 saturated carbocycles. The van der Waals surface area contributed by atoms with Gasteiger partial charge in [-0.05, 0) is 53.5 Å². The number of aromatic nitrogens is 2. The van der Waals surface area contributed by atoms with E-state index in [0.29, 0.717) is 23.1 Å². The molecule has 3 aromatic rings. The van der Waals surface area contributed by atoms with Crippen molar-refractivity contribution in [3.8, 4) is 5.75 Å². The highest BCUT2D eigenvalue weighted by Gasteiger charge is 2.19. The number of carbonyl (C=O) groups excluding carboxylic acids is 1. The fourth-order valence-corrected chi connectivity index (χ4v) is 3.51. The predicted molar refractivity (Wildman–Crippen MR) is 111 cm³/mol. The minimum absolute atomic E-state index is 0.190. The first-order valence-corrected chi connectivity index (χ1v) is 10.00. The highest BCUT2D eigenvalue weighted by atomic mass is 79.9. The number of hydrogen-bond donors (Lipinski definition) is 0. The third-order valence-electron chi connectivity index (χ3n) is 4.33. The molecular weight excluding hydrogens is 446 g/mol. The van der Waals surface area contributed by atoms with Crippen LogP contribution >= 0.6 is 27.5 Å². The Morgan fingerprint density at radius 2 is 2.14 bits per heavy atom. The van der Waals surface area contributed by atoms with Crippen LogP contribution < -0.4 is 4.74 Å². The number of amides is 1. The first-order valence-electron chi connectivity index (χ1n) is 8.83. The van der Waals surface area contributed by atoms with E-state index in [9.17, 15) is 4.79 Å². The van der Waals surface area contributed by atoms with Crippen LogP contribution in [0.5, 0.6) is 5.75 Å². The fourth-order valence-electron chi connectivity index (χ4n) is 2.82. The molecule has 6 nitrogen and oxygen atoms in total. The Labute approximate surface area is 177 Å². The zero-order chi connectivity index (χ0) is 20.3. The third-order valence-corrected chi connectivity index (χ3v) is 5.29. The van der Waals surface area contributed by atoms with Crippen molar-refractivity contribution >= 4 is 33.4 Å². The largest absolute Gasteiger partial charge is 0.484 e. The standard InChI is InChI=1S/C20H21BrClN3O3/c1-4-25-17(15(21)10-23-25)11-24(3)20(26)18-9-8-14(28-18)12-27-19-13(2)6-5-7-16(19)22/h5-10H,4,11-12H2,1-3H3. The summed E-state index contributed by atoms with van der Waals surface area (Å²) in [4.78, 5) is 14.3. The first kappa shape index (κ1) is 20.5. The van der Waals surface area contributed by atoms with Gasteiger partial charge >= 0.3 is 0 Å². The van der Waals surface area contributed by atoms with E-state index in [0.717, 1.165) is 22.3 Å². The molecule has 2 aromatic heterocycles. The monoisotopic (exact) mass is 465 g/mol. The molecule has 3 rings (SSSR count). The van der Waals surface area contributed by atoms with Crippen molar-refractivity contribution in [3.05, 3.63) is 68.8 Å². The quantitative estimate of drug-likeness (QED) is 0.488. The SMILES string of the molecule is CCn1ncc(Br)c1CN(C)C(=O)c1ccc(COc2c(C)cccc2Cl)o1. The minimum Gasteiger partial charge on any atom is -0.484 e. The van der Waals surface area contributed by atoms with Crippen LogP contribution in [-0.2, 0) is 19.7 Å². The van der Waals surface area contributed by atoms with Gasteiger partial charge in [0, 0.05) is 13.6 Å². The second-order valence-electron chi connectivity index (χ2n) is 6.36. The first-order chi connectivity index (χ1) is 13.4. The summed E-state index contributed by atoms with van der Waals surface area (Å²) in [5, 5.41) is 4.81. The number of para-hydroxylation sites is 1. The average molecular weight is 467 g/mol. The molecule has 0 fully saturated rings. The molecule has 0 bridgehead atoms. The number of furan rings is 1. The molecule has 8 heteroatoms. The Morgan fingerprint density at radius 1 is 1.36 bits per heavy atom. The van der Waals surface area contributed by atoms with Crippen LogP contribution in [0.3, 0.4) is 0 Å². The Hall–Kier alpha value is -2.25. The highest BCUT2D eigenvalue weighted by molar-refractivity contribution is 9.10. The van der Waals surface area contributed by atoms with Crippen LogP contribution in [0.25, 0.3) is 0 Å². The van der Waals surface area contributed by atoms with Gasteiger partial charge in [-0.1, -0.05) is 23.7 Å². The maximum absolute atomic E-state index is 12.7. The van der Waals surface area contributed by atoms with Crippen LogP contribution in [-0.4, -0.2) is 27.6 Å². The van der Waals surface area contributed by atoms with E-state index in [4.69, 9.17) is 20.8 Å². The summed E-state index contributed by atoms with van der Waals surface area (Å²) >= 11 is 9.65. The molecule has 0 unspecified atom stereocenters. The van der Waals surface area contributed by atoms with Crippen LogP contribution in [0, 0.1) is 6.92 Å². The zero-order valence-corrected chi connectivity index (χ0v) is 18.2. The molecule has 0 radical (unpaired) electrons. The van der Waals surface area contributed by atoms with Gasteiger partial charge in [-0.25, -0.2) is 0 Å². The van der Waals surface area contributed by atoms with Crippen molar-refractivity contribution in [2.75, 3.05) is 7.05 Å². The minimum atomic E-state index is -0.212. The molecule has 0 saturated heterocycles. The van der Waals surface area contributed by atoms with Gasteiger partial charge in [0.25, 0.3) is 5.91 Å². The zero-order valence-electron chi connectivity index (χ0n) is 15.9. The second-order valence-corrected chi connectivity index (χ2v) is 7.62. The summed E-state index contributed by atoms with van der Waals surface area (Å²) in [6, 6.07) is 8.96. The highest BCUT2D eigenvalue weighted by Crippen LogP contribution is 2.29. The van der Waals surface area contributed by atoms with Gasteiger partial charge in [0.05, 0.1) is 27.9 Å². The van der Waals surface area contributed by atoms with Crippen LogP contribution in [0.4, 0.5) is 0 Å². The Kier molecular flexibility index (Phi) is 6.46. The Balaban J connectivity index is 1.65. The van der Waals surface area contributed by atoms with Gasteiger partial charge in [0.15, 0.2) is 5.76 Å². The summed E-state index contributed by atoms with van der Waals surface area (Å²) in [6.45, 7) is 5.26. The van der Waals surface area contributed by atoms with Gasteiger partial charge in [0.1, 0.15) is 18.1 Å². The molecule has 0 aliphatic rings. The molecule has 0 aliphatic carbocycles. The molecule has 0 N–H and O–H groups in total. The maximum atomic E-state index is 12.7. The van der Waals surface area contributed by atoms with E-state index in [-0.39, 0.29) is 18.3 Å². The molecule has 0 aliphatic heterocycles. The smallest absolute Gasteiger partial charge is 0.289 e.